The third-order valence-electron chi connectivity index (χ3n) is 4.57. The van der Waals surface area contributed by atoms with Gasteiger partial charge in [0, 0.05) is 23.8 Å². The molecule has 0 spiro atoms. The van der Waals surface area contributed by atoms with Gasteiger partial charge in [-0.25, -0.2) is 4.98 Å². The van der Waals surface area contributed by atoms with E-state index in [1.807, 2.05) is 17.9 Å². The van der Waals surface area contributed by atoms with E-state index in [1.54, 1.807) is 30.3 Å². The van der Waals surface area contributed by atoms with Gasteiger partial charge in [-0.15, -0.1) is 0 Å². The predicted molar refractivity (Wildman–Crippen MR) is 103 cm³/mol. The number of benzene rings is 1. The average molecular weight is 372 g/mol. The Morgan fingerprint density at radius 3 is 2.73 bits per heavy atom. The fourth-order valence-electron chi connectivity index (χ4n) is 3.08. The molecule has 1 fully saturated rings. The molecule has 1 aliphatic heterocycles. The molecule has 5 nitrogen and oxygen atoms in total. The smallest absolute Gasteiger partial charge is 0.274 e. The van der Waals surface area contributed by atoms with Gasteiger partial charge in [-0.1, -0.05) is 30.7 Å². The maximum Gasteiger partial charge on any atom is 0.274 e. The van der Waals surface area contributed by atoms with E-state index in [0.29, 0.717) is 22.3 Å². The Hall–Kier alpha value is -2.40. The number of rotatable bonds is 3. The zero-order valence-corrected chi connectivity index (χ0v) is 15.7. The Morgan fingerprint density at radius 1 is 1.23 bits per heavy atom. The van der Waals surface area contributed by atoms with Crippen molar-refractivity contribution in [2.45, 2.75) is 26.7 Å². The lowest BCUT2D eigenvalue weighted by Crippen LogP contribution is -2.39. The Labute approximate surface area is 158 Å². The summed E-state index contributed by atoms with van der Waals surface area (Å²) in [6.07, 6.45) is 2.14. The van der Waals surface area contributed by atoms with Gasteiger partial charge >= 0.3 is 0 Å². The molecule has 2 amide bonds. The van der Waals surface area contributed by atoms with Crippen LogP contribution in [-0.4, -0.2) is 34.8 Å². The van der Waals surface area contributed by atoms with Crippen LogP contribution in [0.1, 0.15) is 46.3 Å². The van der Waals surface area contributed by atoms with E-state index in [0.717, 1.165) is 31.5 Å². The monoisotopic (exact) mass is 371 g/mol. The number of nitrogens with one attached hydrogen (secondary N) is 1. The third-order valence-corrected chi connectivity index (χ3v) is 4.98. The molecule has 1 aromatic heterocycles. The summed E-state index contributed by atoms with van der Waals surface area (Å²) < 4.78 is 0. The number of nitrogens with zero attached hydrogens (tertiary/aromatic N) is 2. The number of amides is 2. The molecule has 136 valence electrons. The number of anilines is 1. The highest BCUT2D eigenvalue weighted by Gasteiger charge is 2.23. The molecule has 1 N–H and O–H groups in total. The highest BCUT2D eigenvalue weighted by Crippen LogP contribution is 2.21. The second kappa shape index (κ2) is 7.87. The molecule has 2 heterocycles. The first-order chi connectivity index (χ1) is 12.4. The van der Waals surface area contributed by atoms with Crippen LogP contribution >= 0.6 is 11.6 Å². The number of aryl methyl sites for hydroxylation is 1. The van der Waals surface area contributed by atoms with Gasteiger partial charge in [0.1, 0.15) is 11.4 Å². The Kier molecular flexibility index (Phi) is 5.57. The highest BCUT2D eigenvalue weighted by atomic mass is 35.5. The fourth-order valence-corrected chi connectivity index (χ4v) is 3.26. The molecule has 0 radical (unpaired) electrons. The summed E-state index contributed by atoms with van der Waals surface area (Å²) in [5, 5.41) is 3.35. The molecule has 0 aliphatic carbocycles. The molecule has 2 aromatic rings. The van der Waals surface area contributed by atoms with Gasteiger partial charge in [0.2, 0.25) is 0 Å². The topological polar surface area (TPSA) is 62.3 Å². The van der Waals surface area contributed by atoms with Crippen LogP contribution in [0.3, 0.4) is 0 Å². The van der Waals surface area contributed by atoms with E-state index in [9.17, 15) is 9.59 Å². The van der Waals surface area contributed by atoms with E-state index in [2.05, 4.69) is 17.2 Å². The number of halogens is 1. The summed E-state index contributed by atoms with van der Waals surface area (Å²) in [5.41, 5.74) is 2.03. The van der Waals surface area contributed by atoms with Crippen molar-refractivity contribution in [2.75, 3.05) is 18.4 Å². The number of carbonyl (C=O) groups excluding carboxylic acids is 2. The van der Waals surface area contributed by atoms with Crippen LogP contribution in [0, 0.1) is 12.8 Å². The molecule has 1 aliphatic rings. The zero-order chi connectivity index (χ0) is 18.7. The van der Waals surface area contributed by atoms with Crippen molar-refractivity contribution in [3.8, 4) is 0 Å². The van der Waals surface area contributed by atoms with Crippen molar-refractivity contribution in [1.29, 1.82) is 0 Å². The molecule has 0 bridgehead atoms. The van der Waals surface area contributed by atoms with E-state index < -0.39 is 0 Å². The number of likely N-dealkylation sites (tertiary alicyclic amines) is 1. The molecule has 1 unspecified atom stereocenters. The molecule has 3 rings (SSSR count). The molecule has 1 saturated heterocycles. The molecule has 26 heavy (non-hydrogen) atoms. The van der Waals surface area contributed by atoms with Crippen LogP contribution in [0.5, 0.6) is 0 Å². The van der Waals surface area contributed by atoms with Crippen molar-refractivity contribution in [3.63, 3.8) is 0 Å². The van der Waals surface area contributed by atoms with Crippen LogP contribution in [0.4, 0.5) is 5.69 Å². The molecular formula is C20H22ClN3O2. The Morgan fingerprint density at radius 2 is 2.00 bits per heavy atom. The first-order valence-electron chi connectivity index (χ1n) is 8.78. The number of carbonyl (C=O) groups is 2. The van der Waals surface area contributed by atoms with Crippen LogP contribution < -0.4 is 5.32 Å². The van der Waals surface area contributed by atoms with Crippen molar-refractivity contribution in [2.24, 2.45) is 5.92 Å². The second-order valence-electron chi connectivity index (χ2n) is 6.82. The third kappa shape index (κ3) is 4.22. The number of piperidine rings is 1. The first kappa shape index (κ1) is 18.4. The summed E-state index contributed by atoms with van der Waals surface area (Å²) in [5.74, 6) is 0.00151. The van der Waals surface area contributed by atoms with Crippen molar-refractivity contribution in [1.82, 2.24) is 9.88 Å². The summed E-state index contributed by atoms with van der Waals surface area (Å²) in [6, 6.07) is 10.2. The zero-order valence-electron chi connectivity index (χ0n) is 15.0. The largest absolute Gasteiger partial charge is 0.337 e. The van der Waals surface area contributed by atoms with Gasteiger partial charge in [-0.05, 0) is 55.5 Å². The minimum Gasteiger partial charge on any atom is -0.337 e. The normalized spacial score (nSPS) is 17.0. The van der Waals surface area contributed by atoms with Crippen molar-refractivity contribution >= 4 is 29.1 Å². The van der Waals surface area contributed by atoms with Gasteiger partial charge < -0.3 is 10.2 Å². The Balaban J connectivity index is 1.74. The molecule has 1 atom stereocenters. The predicted octanol–water partition coefficient (Wildman–Crippen LogP) is 4.17. The minimum atomic E-state index is -0.369. The van der Waals surface area contributed by atoms with Crippen LogP contribution in [0.15, 0.2) is 36.4 Å². The lowest BCUT2D eigenvalue weighted by atomic mass is 10.00. The van der Waals surface area contributed by atoms with E-state index in [4.69, 9.17) is 11.6 Å². The lowest BCUT2D eigenvalue weighted by molar-refractivity contribution is 0.0677. The van der Waals surface area contributed by atoms with Crippen LogP contribution in [0.25, 0.3) is 0 Å². The fraction of sp³-hybridized carbons (Fsp3) is 0.350. The van der Waals surface area contributed by atoms with Gasteiger partial charge in [0.25, 0.3) is 11.8 Å². The summed E-state index contributed by atoms with van der Waals surface area (Å²) in [7, 11) is 0. The maximum absolute atomic E-state index is 12.7. The minimum absolute atomic E-state index is 0.121. The quantitative estimate of drug-likeness (QED) is 0.880. The second-order valence-corrected chi connectivity index (χ2v) is 7.23. The van der Waals surface area contributed by atoms with Gasteiger partial charge in [0.05, 0.1) is 0 Å². The standard InChI is InChI=1S/C20H22ClN3O2/c1-13-5-4-10-24(12-13)20(26)18-7-3-6-17(23-18)19(25)22-15-9-8-14(2)16(21)11-15/h3,6-9,11,13H,4-5,10,12H2,1-2H3,(H,22,25). The highest BCUT2D eigenvalue weighted by molar-refractivity contribution is 6.31. The van der Waals surface area contributed by atoms with E-state index in [-0.39, 0.29) is 17.5 Å². The molecule has 0 saturated carbocycles. The number of hydrogen-bond acceptors (Lipinski definition) is 3. The van der Waals surface area contributed by atoms with Gasteiger partial charge in [0.15, 0.2) is 0 Å². The maximum atomic E-state index is 12.7. The van der Waals surface area contributed by atoms with Crippen molar-refractivity contribution < 1.29 is 9.59 Å². The summed E-state index contributed by atoms with van der Waals surface area (Å²) in [6.45, 7) is 5.51. The average Bonchev–Trinajstić information content (AvgIpc) is 2.64. The summed E-state index contributed by atoms with van der Waals surface area (Å²) in [4.78, 5) is 31.2. The lowest BCUT2D eigenvalue weighted by Gasteiger charge is -2.30. The number of hydrogen-bond donors (Lipinski definition) is 1. The molecular weight excluding hydrogens is 350 g/mol. The Bertz CT molecular complexity index is 838. The number of aromatic nitrogens is 1. The SMILES string of the molecule is Cc1ccc(NC(=O)c2cccc(C(=O)N3CCCC(C)C3)n2)cc1Cl. The summed E-state index contributed by atoms with van der Waals surface area (Å²) >= 11 is 6.09. The van der Waals surface area contributed by atoms with E-state index >= 15 is 0 Å². The first-order valence-corrected chi connectivity index (χ1v) is 9.15. The molecule has 1 aromatic carbocycles. The number of pyridine rings is 1. The molecule has 6 heteroatoms. The van der Waals surface area contributed by atoms with Gasteiger partial charge in [-0.2, -0.15) is 0 Å². The van der Waals surface area contributed by atoms with Crippen molar-refractivity contribution in [3.05, 3.63) is 58.4 Å². The van der Waals surface area contributed by atoms with Gasteiger partial charge in [-0.3, -0.25) is 9.59 Å². The van der Waals surface area contributed by atoms with Crippen LogP contribution in [0.2, 0.25) is 5.02 Å². The van der Waals surface area contributed by atoms with E-state index in [1.165, 1.54) is 0 Å². The van der Waals surface area contributed by atoms with Crippen LogP contribution in [-0.2, 0) is 0 Å².